The van der Waals surface area contributed by atoms with Gasteiger partial charge in [-0.15, -0.1) is 0 Å². The summed E-state index contributed by atoms with van der Waals surface area (Å²) in [6.07, 6.45) is 1.86. The summed E-state index contributed by atoms with van der Waals surface area (Å²) < 4.78 is 0. The van der Waals surface area contributed by atoms with Crippen molar-refractivity contribution in [3.63, 3.8) is 0 Å². The Morgan fingerprint density at radius 3 is 2.72 bits per heavy atom. The minimum Gasteiger partial charge on any atom is -0.395 e. The van der Waals surface area contributed by atoms with Gasteiger partial charge in [0.2, 0.25) is 0 Å². The summed E-state index contributed by atoms with van der Waals surface area (Å²) in [5.74, 6) is 0. The summed E-state index contributed by atoms with van der Waals surface area (Å²) >= 11 is 0. The molecule has 0 amide bonds. The van der Waals surface area contributed by atoms with Crippen LogP contribution in [-0.2, 0) is 6.54 Å². The number of hydrogen-bond acceptors (Lipinski definition) is 3. The van der Waals surface area contributed by atoms with Crippen molar-refractivity contribution in [1.82, 2.24) is 15.1 Å². The van der Waals surface area contributed by atoms with Gasteiger partial charge in [0.1, 0.15) is 0 Å². The van der Waals surface area contributed by atoms with Gasteiger partial charge in [-0.3, -0.25) is 10.00 Å². The van der Waals surface area contributed by atoms with Gasteiger partial charge in [0.15, 0.2) is 0 Å². The summed E-state index contributed by atoms with van der Waals surface area (Å²) in [6, 6.07) is 10.2. The van der Waals surface area contributed by atoms with E-state index in [1.165, 1.54) is 0 Å². The fraction of sp³-hybridized carbons (Fsp3) is 0.357. The van der Waals surface area contributed by atoms with Crippen LogP contribution in [0.1, 0.15) is 12.5 Å². The van der Waals surface area contributed by atoms with Crippen LogP contribution >= 0.6 is 0 Å². The molecule has 4 nitrogen and oxygen atoms in total. The normalized spacial score (nSPS) is 11.1. The molecule has 2 aromatic rings. The van der Waals surface area contributed by atoms with Gasteiger partial charge in [0, 0.05) is 18.7 Å². The third-order valence-electron chi connectivity index (χ3n) is 3.04. The number of aromatic amines is 1. The van der Waals surface area contributed by atoms with Crippen molar-refractivity contribution < 1.29 is 5.11 Å². The first-order valence-electron chi connectivity index (χ1n) is 6.26. The molecule has 0 aliphatic heterocycles. The van der Waals surface area contributed by atoms with Crippen molar-refractivity contribution in [2.45, 2.75) is 13.5 Å². The molecule has 0 saturated carbocycles. The lowest BCUT2D eigenvalue weighted by atomic mass is 10.1. The molecule has 0 radical (unpaired) electrons. The number of nitrogens with one attached hydrogen (secondary N) is 1. The molecule has 0 saturated heterocycles. The van der Waals surface area contributed by atoms with Crippen LogP contribution in [0.25, 0.3) is 11.3 Å². The zero-order valence-corrected chi connectivity index (χ0v) is 10.6. The minimum atomic E-state index is 0.187. The van der Waals surface area contributed by atoms with E-state index in [1.54, 1.807) is 0 Å². The van der Waals surface area contributed by atoms with Gasteiger partial charge in [-0.25, -0.2) is 0 Å². The number of aliphatic hydroxyl groups is 1. The van der Waals surface area contributed by atoms with Gasteiger partial charge in [-0.2, -0.15) is 5.10 Å². The smallest absolute Gasteiger partial charge is 0.0695 e. The van der Waals surface area contributed by atoms with E-state index in [4.69, 9.17) is 5.11 Å². The molecule has 1 aromatic heterocycles. The van der Waals surface area contributed by atoms with Crippen molar-refractivity contribution >= 4 is 0 Å². The lowest BCUT2D eigenvalue weighted by molar-refractivity contribution is 0.197. The molecular formula is C14H19N3O. The molecule has 1 heterocycles. The number of H-pyrrole nitrogens is 1. The van der Waals surface area contributed by atoms with Crippen LogP contribution in [0, 0.1) is 0 Å². The quantitative estimate of drug-likeness (QED) is 0.817. The average molecular weight is 245 g/mol. The highest BCUT2D eigenvalue weighted by molar-refractivity contribution is 5.62. The van der Waals surface area contributed by atoms with Crippen LogP contribution in [0.15, 0.2) is 36.5 Å². The van der Waals surface area contributed by atoms with E-state index in [0.29, 0.717) is 6.54 Å². The predicted molar refractivity (Wildman–Crippen MR) is 72.1 cm³/mol. The maximum atomic E-state index is 9.02. The largest absolute Gasteiger partial charge is 0.395 e. The molecule has 0 aliphatic carbocycles. The molecule has 0 atom stereocenters. The predicted octanol–water partition coefficient (Wildman–Crippen LogP) is 1.89. The Labute approximate surface area is 107 Å². The number of aromatic nitrogens is 2. The molecule has 2 rings (SSSR count). The second-order valence-electron chi connectivity index (χ2n) is 4.23. The number of aliphatic hydroxyl groups excluding tert-OH is 1. The van der Waals surface area contributed by atoms with E-state index in [2.05, 4.69) is 34.2 Å². The molecular weight excluding hydrogens is 226 g/mol. The first kappa shape index (κ1) is 12.8. The van der Waals surface area contributed by atoms with Crippen LogP contribution in [-0.4, -0.2) is 39.9 Å². The Balaban J connectivity index is 2.18. The number of nitrogens with zero attached hydrogens (tertiary/aromatic N) is 2. The fourth-order valence-electron chi connectivity index (χ4n) is 2.02. The van der Waals surface area contributed by atoms with E-state index >= 15 is 0 Å². The molecule has 2 N–H and O–H groups in total. The standard InChI is InChI=1S/C14H19N3O/c1-2-17(8-9-18)11-13-10-15-16-14(13)12-6-4-3-5-7-12/h3-7,10,18H,2,8-9,11H2,1H3,(H,15,16). The van der Waals surface area contributed by atoms with E-state index < -0.39 is 0 Å². The van der Waals surface area contributed by atoms with Crippen LogP contribution in [0.4, 0.5) is 0 Å². The molecule has 0 unspecified atom stereocenters. The second kappa shape index (κ2) is 6.33. The zero-order valence-electron chi connectivity index (χ0n) is 10.6. The van der Waals surface area contributed by atoms with E-state index in [-0.39, 0.29) is 6.61 Å². The van der Waals surface area contributed by atoms with Crippen molar-refractivity contribution in [2.24, 2.45) is 0 Å². The Bertz CT molecular complexity index is 467. The monoisotopic (exact) mass is 245 g/mol. The van der Waals surface area contributed by atoms with Crippen LogP contribution in [0.5, 0.6) is 0 Å². The van der Waals surface area contributed by atoms with Crippen molar-refractivity contribution in [1.29, 1.82) is 0 Å². The summed E-state index contributed by atoms with van der Waals surface area (Å²) in [6.45, 7) is 4.69. The maximum Gasteiger partial charge on any atom is 0.0695 e. The summed E-state index contributed by atoms with van der Waals surface area (Å²) in [4.78, 5) is 2.19. The van der Waals surface area contributed by atoms with Crippen molar-refractivity contribution in [3.8, 4) is 11.3 Å². The van der Waals surface area contributed by atoms with Gasteiger partial charge >= 0.3 is 0 Å². The Hall–Kier alpha value is -1.65. The fourth-order valence-corrected chi connectivity index (χ4v) is 2.02. The number of rotatable bonds is 6. The minimum absolute atomic E-state index is 0.187. The third kappa shape index (κ3) is 2.97. The van der Waals surface area contributed by atoms with E-state index in [9.17, 15) is 0 Å². The van der Waals surface area contributed by atoms with Crippen LogP contribution in [0.3, 0.4) is 0 Å². The SMILES string of the molecule is CCN(CCO)Cc1cn[nH]c1-c1ccccc1. The molecule has 0 bridgehead atoms. The second-order valence-corrected chi connectivity index (χ2v) is 4.23. The van der Waals surface area contributed by atoms with Gasteiger partial charge < -0.3 is 5.11 Å². The average Bonchev–Trinajstić information content (AvgIpc) is 2.87. The molecule has 1 aromatic carbocycles. The Morgan fingerprint density at radius 2 is 2.06 bits per heavy atom. The molecule has 4 heteroatoms. The molecule has 18 heavy (non-hydrogen) atoms. The maximum absolute atomic E-state index is 9.02. The molecule has 0 fully saturated rings. The number of likely N-dealkylation sites (N-methyl/N-ethyl adjacent to an activating group) is 1. The first-order valence-corrected chi connectivity index (χ1v) is 6.26. The number of benzene rings is 1. The van der Waals surface area contributed by atoms with Crippen LogP contribution in [0.2, 0.25) is 0 Å². The van der Waals surface area contributed by atoms with Gasteiger partial charge in [0.25, 0.3) is 0 Å². The van der Waals surface area contributed by atoms with Crippen LogP contribution < -0.4 is 0 Å². The summed E-state index contributed by atoms with van der Waals surface area (Å²) in [5.41, 5.74) is 3.37. The number of hydrogen-bond donors (Lipinski definition) is 2. The Morgan fingerprint density at radius 1 is 1.28 bits per heavy atom. The lowest BCUT2D eigenvalue weighted by Crippen LogP contribution is -2.26. The molecule has 0 aliphatic rings. The topological polar surface area (TPSA) is 52.1 Å². The zero-order chi connectivity index (χ0) is 12.8. The van der Waals surface area contributed by atoms with Gasteiger partial charge in [0.05, 0.1) is 18.5 Å². The van der Waals surface area contributed by atoms with Crippen molar-refractivity contribution in [3.05, 3.63) is 42.1 Å². The van der Waals surface area contributed by atoms with E-state index in [0.717, 1.165) is 29.9 Å². The highest BCUT2D eigenvalue weighted by Crippen LogP contribution is 2.21. The lowest BCUT2D eigenvalue weighted by Gasteiger charge is -2.18. The Kier molecular flexibility index (Phi) is 4.50. The summed E-state index contributed by atoms with van der Waals surface area (Å²) in [5, 5.41) is 16.2. The van der Waals surface area contributed by atoms with Gasteiger partial charge in [-0.05, 0) is 12.1 Å². The van der Waals surface area contributed by atoms with Gasteiger partial charge in [-0.1, -0.05) is 37.3 Å². The molecule has 0 spiro atoms. The summed E-state index contributed by atoms with van der Waals surface area (Å²) in [7, 11) is 0. The molecule has 96 valence electrons. The van der Waals surface area contributed by atoms with Crippen molar-refractivity contribution in [2.75, 3.05) is 19.7 Å². The highest BCUT2D eigenvalue weighted by Gasteiger charge is 2.10. The van der Waals surface area contributed by atoms with E-state index in [1.807, 2.05) is 24.4 Å². The highest BCUT2D eigenvalue weighted by atomic mass is 16.3. The third-order valence-corrected chi connectivity index (χ3v) is 3.04. The first-order chi connectivity index (χ1) is 8.85.